The minimum atomic E-state index is 0.532. The van der Waals surface area contributed by atoms with Crippen molar-refractivity contribution in [3.8, 4) is 6.01 Å². The number of ether oxygens (including phenoxy) is 1. The van der Waals surface area contributed by atoms with Gasteiger partial charge in [0.25, 0.3) is 6.01 Å². The van der Waals surface area contributed by atoms with Crippen LogP contribution >= 0.6 is 0 Å². The van der Waals surface area contributed by atoms with Crippen LogP contribution in [0.15, 0.2) is 18.2 Å². The molecule has 0 unspecified atom stereocenters. The highest BCUT2D eigenvalue weighted by molar-refractivity contribution is 5.76. The number of nitrogens with one attached hydrogen (secondary N) is 1. The lowest BCUT2D eigenvalue weighted by Crippen LogP contribution is -1.95. The van der Waals surface area contributed by atoms with Gasteiger partial charge in [0.2, 0.25) is 0 Å². The normalized spacial score (nSPS) is 10.6. The Morgan fingerprint density at radius 3 is 3.08 bits per heavy atom. The van der Waals surface area contributed by atoms with Gasteiger partial charge in [-0.25, -0.2) is 0 Å². The fourth-order valence-electron chi connectivity index (χ4n) is 1.26. The molecule has 1 aromatic heterocycles. The number of imidazole rings is 1. The average Bonchev–Trinajstić information content (AvgIpc) is 2.58. The maximum atomic E-state index is 5.51. The number of benzene rings is 1. The summed E-state index contributed by atoms with van der Waals surface area (Å²) in [6.07, 6.45) is 0. The van der Waals surface area contributed by atoms with Gasteiger partial charge in [0.05, 0.1) is 18.1 Å². The van der Waals surface area contributed by atoms with Crippen molar-refractivity contribution < 1.29 is 4.74 Å². The molecule has 13 heavy (non-hydrogen) atoms. The van der Waals surface area contributed by atoms with E-state index in [1.807, 2.05) is 18.2 Å². The Balaban J connectivity index is 2.57. The first-order chi connectivity index (χ1) is 6.33. The van der Waals surface area contributed by atoms with Crippen LogP contribution < -0.4 is 10.5 Å². The lowest BCUT2D eigenvalue weighted by molar-refractivity contribution is 0.386. The molecule has 0 aliphatic heterocycles. The third-order valence-corrected chi connectivity index (χ3v) is 1.95. The molecule has 2 aromatic rings. The summed E-state index contributed by atoms with van der Waals surface area (Å²) in [7, 11) is 1.58. The van der Waals surface area contributed by atoms with E-state index in [4.69, 9.17) is 10.5 Å². The van der Waals surface area contributed by atoms with Gasteiger partial charge in [-0.15, -0.1) is 0 Å². The van der Waals surface area contributed by atoms with Gasteiger partial charge in [0.1, 0.15) is 0 Å². The van der Waals surface area contributed by atoms with E-state index in [-0.39, 0.29) is 0 Å². The molecule has 0 aliphatic carbocycles. The Morgan fingerprint density at radius 2 is 2.38 bits per heavy atom. The third-order valence-electron chi connectivity index (χ3n) is 1.95. The number of methoxy groups -OCH3 is 1. The van der Waals surface area contributed by atoms with E-state index < -0.39 is 0 Å². The van der Waals surface area contributed by atoms with Crippen LogP contribution in [0.4, 0.5) is 0 Å². The van der Waals surface area contributed by atoms with Gasteiger partial charge in [0.15, 0.2) is 0 Å². The van der Waals surface area contributed by atoms with Crippen LogP contribution in [-0.4, -0.2) is 17.1 Å². The van der Waals surface area contributed by atoms with Crippen molar-refractivity contribution in [1.82, 2.24) is 9.97 Å². The summed E-state index contributed by atoms with van der Waals surface area (Å²) >= 11 is 0. The van der Waals surface area contributed by atoms with Crippen LogP contribution in [0.2, 0.25) is 0 Å². The molecule has 68 valence electrons. The standard InChI is InChI=1S/C9H11N3O/c1-13-9-11-7-3-2-6(5-10)4-8(7)12-9/h2-4H,5,10H2,1H3,(H,11,12). The zero-order valence-corrected chi connectivity index (χ0v) is 7.37. The largest absolute Gasteiger partial charge is 0.468 e. The van der Waals surface area contributed by atoms with Gasteiger partial charge >= 0.3 is 0 Å². The lowest BCUT2D eigenvalue weighted by atomic mass is 10.2. The van der Waals surface area contributed by atoms with Gasteiger partial charge in [-0.1, -0.05) is 6.07 Å². The number of hydrogen-bond acceptors (Lipinski definition) is 3. The number of nitrogens with two attached hydrogens (primary N) is 1. The molecule has 0 saturated heterocycles. The molecule has 0 bridgehead atoms. The molecule has 3 N–H and O–H groups in total. The van der Waals surface area contributed by atoms with Crippen LogP contribution in [0.25, 0.3) is 11.0 Å². The Hall–Kier alpha value is -1.55. The highest BCUT2D eigenvalue weighted by Gasteiger charge is 2.01. The number of nitrogens with zero attached hydrogens (tertiary/aromatic N) is 1. The first-order valence-electron chi connectivity index (χ1n) is 4.06. The average molecular weight is 177 g/mol. The highest BCUT2D eigenvalue weighted by Crippen LogP contribution is 2.16. The van der Waals surface area contributed by atoms with E-state index in [0.29, 0.717) is 12.6 Å². The van der Waals surface area contributed by atoms with Gasteiger partial charge in [-0.3, -0.25) is 0 Å². The molecule has 4 nitrogen and oxygen atoms in total. The number of rotatable bonds is 2. The smallest absolute Gasteiger partial charge is 0.294 e. The fourth-order valence-corrected chi connectivity index (χ4v) is 1.26. The summed E-state index contributed by atoms with van der Waals surface area (Å²) in [6, 6.07) is 6.40. The van der Waals surface area contributed by atoms with E-state index in [0.717, 1.165) is 16.6 Å². The molecule has 0 atom stereocenters. The lowest BCUT2D eigenvalue weighted by Gasteiger charge is -1.93. The van der Waals surface area contributed by atoms with Crippen molar-refractivity contribution in [3.63, 3.8) is 0 Å². The predicted octanol–water partition coefficient (Wildman–Crippen LogP) is 1.03. The molecule has 0 fully saturated rings. The van der Waals surface area contributed by atoms with Crippen molar-refractivity contribution >= 4 is 11.0 Å². The molecule has 0 spiro atoms. The fraction of sp³-hybridized carbons (Fsp3) is 0.222. The van der Waals surface area contributed by atoms with E-state index in [2.05, 4.69) is 9.97 Å². The molecule has 2 rings (SSSR count). The summed E-state index contributed by atoms with van der Waals surface area (Å²) in [4.78, 5) is 7.22. The van der Waals surface area contributed by atoms with E-state index in [1.165, 1.54) is 0 Å². The first-order valence-corrected chi connectivity index (χ1v) is 4.06. The van der Waals surface area contributed by atoms with Crippen molar-refractivity contribution in [2.75, 3.05) is 7.11 Å². The summed E-state index contributed by atoms with van der Waals surface area (Å²) in [5, 5.41) is 0. The van der Waals surface area contributed by atoms with Crippen molar-refractivity contribution in [2.45, 2.75) is 6.54 Å². The molecule has 4 heteroatoms. The first kappa shape index (κ1) is 8.07. The molecule has 0 aliphatic rings. The highest BCUT2D eigenvalue weighted by atomic mass is 16.5. The van der Waals surface area contributed by atoms with Gasteiger partial charge < -0.3 is 15.5 Å². The SMILES string of the molecule is COc1nc2ccc(CN)cc2[nH]1. The zero-order chi connectivity index (χ0) is 9.26. The van der Waals surface area contributed by atoms with Crippen LogP contribution in [0, 0.1) is 0 Å². The van der Waals surface area contributed by atoms with E-state index >= 15 is 0 Å². The summed E-state index contributed by atoms with van der Waals surface area (Å²) in [5.41, 5.74) is 8.45. The predicted molar refractivity (Wildman–Crippen MR) is 50.5 cm³/mol. The topological polar surface area (TPSA) is 63.9 Å². The van der Waals surface area contributed by atoms with Gasteiger partial charge in [-0.05, 0) is 17.7 Å². The number of fused-ring (bicyclic) bond motifs is 1. The Kier molecular flexibility index (Phi) is 1.90. The van der Waals surface area contributed by atoms with Gasteiger partial charge in [0, 0.05) is 6.54 Å². The molecule has 0 amide bonds. The maximum absolute atomic E-state index is 5.51. The molecular weight excluding hydrogens is 166 g/mol. The second-order valence-electron chi connectivity index (χ2n) is 2.80. The van der Waals surface area contributed by atoms with Crippen molar-refractivity contribution in [2.24, 2.45) is 5.73 Å². The van der Waals surface area contributed by atoms with Crippen LogP contribution in [-0.2, 0) is 6.54 Å². The molecule has 1 heterocycles. The van der Waals surface area contributed by atoms with E-state index in [1.54, 1.807) is 7.11 Å². The van der Waals surface area contributed by atoms with E-state index in [9.17, 15) is 0 Å². The molecule has 0 saturated carbocycles. The zero-order valence-electron chi connectivity index (χ0n) is 7.37. The quantitative estimate of drug-likeness (QED) is 0.720. The second-order valence-corrected chi connectivity index (χ2v) is 2.80. The minimum absolute atomic E-state index is 0.532. The molecule has 0 radical (unpaired) electrons. The van der Waals surface area contributed by atoms with Crippen LogP contribution in [0.5, 0.6) is 6.01 Å². The maximum Gasteiger partial charge on any atom is 0.294 e. The number of aromatic amines is 1. The molecular formula is C9H11N3O. The van der Waals surface area contributed by atoms with Crippen molar-refractivity contribution in [1.29, 1.82) is 0 Å². The second kappa shape index (κ2) is 3.06. The minimum Gasteiger partial charge on any atom is -0.468 e. The number of H-pyrrole nitrogens is 1. The Bertz CT molecular complexity index is 420. The summed E-state index contributed by atoms with van der Waals surface area (Å²) in [5.74, 6) is 0. The Morgan fingerprint density at radius 1 is 1.54 bits per heavy atom. The Labute approximate surface area is 75.7 Å². The number of aromatic nitrogens is 2. The van der Waals surface area contributed by atoms with Gasteiger partial charge in [-0.2, -0.15) is 4.98 Å². The van der Waals surface area contributed by atoms with Crippen LogP contribution in [0.3, 0.4) is 0 Å². The molecule has 1 aromatic carbocycles. The monoisotopic (exact) mass is 177 g/mol. The summed E-state index contributed by atoms with van der Waals surface area (Å²) in [6.45, 7) is 0.539. The van der Waals surface area contributed by atoms with Crippen molar-refractivity contribution in [3.05, 3.63) is 23.8 Å². The third kappa shape index (κ3) is 1.36. The summed E-state index contributed by atoms with van der Waals surface area (Å²) < 4.78 is 4.97. The number of hydrogen-bond donors (Lipinski definition) is 2. The van der Waals surface area contributed by atoms with Crippen LogP contribution in [0.1, 0.15) is 5.56 Å².